The molecule has 1 aliphatic rings. The van der Waals surface area contributed by atoms with Crippen molar-refractivity contribution >= 4 is 17.7 Å². The van der Waals surface area contributed by atoms with E-state index in [-0.39, 0.29) is 11.9 Å². The third kappa shape index (κ3) is 4.89. The molecule has 1 rings (SSSR count). The van der Waals surface area contributed by atoms with Gasteiger partial charge in [-0.2, -0.15) is 11.8 Å². The Bertz CT molecular complexity index is 193. The van der Waals surface area contributed by atoms with Crippen molar-refractivity contribution in [2.45, 2.75) is 44.7 Å². The molecule has 2 N–H and O–H groups in total. The van der Waals surface area contributed by atoms with E-state index in [2.05, 4.69) is 23.8 Å². The van der Waals surface area contributed by atoms with Gasteiger partial charge in [-0.05, 0) is 44.7 Å². The van der Waals surface area contributed by atoms with E-state index < -0.39 is 0 Å². The number of carbonyl (C=O) groups is 1. The van der Waals surface area contributed by atoms with Crippen LogP contribution in [-0.2, 0) is 4.79 Å². The molecule has 0 aromatic rings. The molecule has 0 aromatic heterocycles. The number of piperidine rings is 1. The van der Waals surface area contributed by atoms with E-state index in [0.717, 1.165) is 25.1 Å². The number of hydrogen-bond acceptors (Lipinski definition) is 3. The SMILES string of the molecule is CSCCC(C)NC(=O)[C@H]1CCCCN1. The minimum absolute atomic E-state index is 0.0514. The molecule has 1 saturated heterocycles. The van der Waals surface area contributed by atoms with Gasteiger partial charge in [0.15, 0.2) is 0 Å². The lowest BCUT2D eigenvalue weighted by Gasteiger charge is -2.24. The maximum Gasteiger partial charge on any atom is 0.237 e. The van der Waals surface area contributed by atoms with Crippen LogP contribution in [-0.4, -0.2) is 36.5 Å². The second-order valence-corrected chi connectivity index (χ2v) is 5.18. The zero-order valence-electron chi connectivity index (χ0n) is 9.71. The van der Waals surface area contributed by atoms with Crippen molar-refractivity contribution in [2.24, 2.45) is 0 Å². The van der Waals surface area contributed by atoms with Gasteiger partial charge in [0, 0.05) is 6.04 Å². The van der Waals surface area contributed by atoms with Gasteiger partial charge < -0.3 is 10.6 Å². The van der Waals surface area contributed by atoms with Gasteiger partial charge >= 0.3 is 0 Å². The summed E-state index contributed by atoms with van der Waals surface area (Å²) in [6.07, 6.45) is 6.51. The maximum atomic E-state index is 11.8. The van der Waals surface area contributed by atoms with Crippen LogP contribution in [0.15, 0.2) is 0 Å². The standard InChI is InChI=1S/C11H22N2OS/c1-9(6-8-15-2)13-11(14)10-5-3-4-7-12-10/h9-10,12H,3-8H2,1-2H3,(H,13,14)/t9?,10-/m1/s1. The molecule has 15 heavy (non-hydrogen) atoms. The molecule has 1 fully saturated rings. The Balaban J connectivity index is 2.21. The molecule has 0 aromatic carbocycles. The minimum atomic E-state index is 0.0514. The quantitative estimate of drug-likeness (QED) is 0.750. The van der Waals surface area contributed by atoms with Crippen LogP contribution in [0.25, 0.3) is 0 Å². The Labute approximate surface area is 96.8 Å². The largest absolute Gasteiger partial charge is 0.352 e. The molecule has 0 spiro atoms. The van der Waals surface area contributed by atoms with Crippen LogP contribution in [0.4, 0.5) is 0 Å². The van der Waals surface area contributed by atoms with Crippen molar-refractivity contribution < 1.29 is 4.79 Å². The second-order valence-electron chi connectivity index (χ2n) is 4.19. The highest BCUT2D eigenvalue weighted by Gasteiger charge is 2.21. The fourth-order valence-electron chi connectivity index (χ4n) is 1.79. The molecule has 1 aliphatic heterocycles. The number of nitrogens with one attached hydrogen (secondary N) is 2. The minimum Gasteiger partial charge on any atom is -0.352 e. The van der Waals surface area contributed by atoms with Crippen molar-refractivity contribution in [1.29, 1.82) is 0 Å². The van der Waals surface area contributed by atoms with Crippen LogP contribution < -0.4 is 10.6 Å². The van der Waals surface area contributed by atoms with Crippen LogP contribution in [0.3, 0.4) is 0 Å². The van der Waals surface area contributed by atoms with E-state index in [1.807, 2.05) is 11.8 Å². The molecular weight excluding hydrogens is 208 g/mol. The summed E-state index contributed by atoms with van der Waals surface area (Å²) in [5.41, 5.74) is 0. The molecule has 1 amide bonds. The van der Waals surface area contributed by atoms with Crippen LogP contribution >= 0.6 is 11.8 Å². The zero-order chi connectivity index (χ0) is 11.1. The van der Waals surface area contributed by atoms with Crippen molar-refractivity contribution in [2.75, 3.05) is 18.6 Å². The maximum absolute atomic E-state index is 11.8. The Kier molecular flexibility index (Phi) is 6.10. The number of thioether (sulfide) groups is 1. The van der Waals surface area contributed by atoms with E-state index in [4.69, 9.17) is 0 Å². The molecule has 3 nitrogen and oxygen atoms in total. The molecule has 88 valence electrons. The average molecular weight is 230 g/mol. The summed E-state index contributed by atoms with van der Waals surface area (Å²) in [6, 6.07) is 0.351. The van der Waals surface area contributed by atoms with Crippen LogP contribution in [0.5, 0.6) is 0 Å². The van der Waals surface area contributed by atoms with Crippen molar-refractivity contribution in [3.63, 3.8) is 0 Å². The monoisotopic (exact) mass is 230 g/mol. The first-order valence-electron chi connectivity index (χ1n) is 5.76. The molecule has 2 atom stereocenters. The lowest BCUT2D eigenvalue weighted by Crippen LogP contribution is -2.49. The van der Waals surface area contributed by atoms with E-state index >= 15 is 0 Å². The molecule has 0 radical (unpaired) electrons. The summed E-state index contributed by atoms with van der Waals surface area (Å²) in [6.45, 7) is 3.06. The topological polar surface area (TPSA) is 41.1 Å². The first-order chi connectivity index (χ1) is 7.24. The predicted molar refractivity (Wildman–Crippen MR) is 66.2 cm³/mol. The van der Waals surface area contributed by atoms with Gasteiger partial charge in [-0.25, -0.2) is 0 Å². The lowest BCUT2D eigenvalue weighted by molar-refractivity contribution is -0.124. The first kappa shape index (κ1) is 12.8. The lowest BCUT2D eigenvalue weighted by atomic mass is 10.0. The predicted octanol–water partition coefficient (Wildman–Crippen LogP) is 1.39. The van der Waals surface area contributed by atoms with E-state index in [9.17, 15) is 4.79 Å². The number of amides is 1. The summed E-state index contributed by atoms with van der Waals surface area (Å²) in [5.74, 6) is 1.29. The summed E-state index contributed by atoms with van der Waals surface area (Å²) < 4.78 is 0. The molecule has 1 heterocycles. The zero-order valence-corrected chi connectivity index (χ0v) is 10.5. The van der Waals surface area contributed by atoms with Crippen molar-refractivity contribution in [1.82, 2.24) is 10.6 Å². The van der Waals surface area contributed by atoms with Gasteiger partial charge in [-0.1, -0.05) is 6.42 Å². The highest BCUT2D eigenvalue weighted by atomic mass is 32.2. The summed E-state index contributed by atoms with van der Waals surface area (Å²) in [7, 11) is 0. The Morgan fingerprint density at radius 3 is 3.00 bits per heavy atom. The molecule has 4 heteroatoms. The molecular formula is C11H22N2OS. The Hall–Kier alpha value is -0.220. The van der Waals surface area contributed by atoms with Crippen LogP contribution in [0.1, 0.15) is 32.6 Å². The van der Waals surface area contributed by atoms with E-state index in [1.54, 1.807) is 0 Å². The Morgan fingerprint density at radius 2 is 2.40 bits per heavy atom. The fraction of sp³-hybridized carbons (Fsp3) is 0.909. The van der Waals surface area contributed by atoms with Crippen LogP contribution in [0.2, 0.25) is 0 Å². The summed E-state index contributed by atoms with van der Waals surface area (Å²) in [4.78, 5) is 11.8. The van der Waals surface area contributed by atoms with Gasteiger partial charge in [-0.3, -0.25) is 4.79 Å². The average Bonchev–Trinajstić information content (AvgIpc) is 2.27. The van der Waals surface area contributed by atoms with E-state index in [0.29, 0.717) is 6.04 Å². The fourth-order valence-corrected chi connectivity index (χ4v) is 2.38. The van der Waals surface area contributed by atoms with Gasteiger partial charge in [0.2, 0.25) is 5.91 Å². The third-order valence-electron chi connectivity index (χ3n) is 2.77. The first-order valence-corrected chi connectivity index (χ1v) is 7.16. The smallest absolute Gasteiger partial charge is 0.237 e. The third-order valence-corrected chi connectivity index (χ3v) is 3.41. The highest BCUT2D eigenvalue weighted by molar-refractivity contribution is 7.98. The second kappa shape index (κ2) is 7.12. The van der Waals surface area contributed by atoms with Gasteiger partial charge in [0.25, 0.3) is 0 Å². The van der Waals surface area contributed by atoms with Gasteiger partial charge in [0.05, 0.1) is 6.04 Å². The van der Waals surface area contributed by atoms with E-state index in [1.165, 1.54) is 12.8 Å². The normalized spacial score (nSPS) is 23.5. The van der Waals surface area contributed by atoms with Crippen molar-refractivity contribution in [3.05, 3.63) is 0 Å². The highest BCUT2D eigenvalue weighted by Crippen LogP contribution is 2.07. The molecule has 0 aliphatic carbocycles. The molecule has 0 saturated carbocycles. The molecule has 1 unspecified atom stereocenters. The number of carbonyl (C=O) groups excluding carboxylic acids is 1. The summed E-state index contributed by atoms with van der Waals surface area (Å²) >= 11 is 1.83. The van der Waals surface area contributed by atoms with Gasteiger partial charge in [0.1, 0.15) is 0 Å². The van der Waals surface area contributed by atoms with Crippen molar-refractivity contribution in [3.8, 4) is 0 Å². The number of rotatable bonds is 5. The Morgan fingerprint density at radius 1 is 1.60 bits per heavy atom. The van der Waals surface area contributed by atoms with Crippen LogP contribution in [0, 0.1) is 0 Å². The molecule has 0 bridgehead atoms. The summed E-state index contributed by atoms with van der Waals surface area (Å²) in [5, 5.41) is 6.33. The van der Waals surface area contributed by atoms with Gasteiger partial charge in [-0.15, -0.1) is 0 Å². The number of hydrogen-bond donors (Lipinski definition) is 2.